The van der Waals surface area contributed by atoms with Crippen molar-refractivity contribution in [3.8, 4) is 0 Å². The van der Waals surface area contributed by atoms with Gasteiger partial charge in [0.15, 0.2) is 0 Å². The highest BCUT2D eigenvalue weighted by Crippen LogP contribution is 2.31. The number of aromatic amines is 1. The van der Waals surface area contributed by atoms with Gasteiger partial charge >= 0.3 is 0 Å². The maximum Gasteiger partial charge on any atom is 0.299 e. The van der Waals surface area contributed by atoms with E-state index >= 15 is 0 Å². The summed E-state index contributed by atoms with van der Waals surface area (Å²) in [7, 11) is 0. The minimum absolute atomic E-state index is 0.183. The van der Waals surface area contributed by atoms with Gasteiger partial charge in [-0.2, -0.15) is 0 Å². The second-order valence-corrected chi connectivity index (χ2v) is 4.61. The normalized spacial score (nSPS) is 10.5. The first-order chi connectivity index (χ1) is 10.5. The largest absolute Gasteiger partial charge is 0.341 e. The van der Waals surface area contributed by atoms with E-state index in [9.17, 15) is 20.2 Å². The van der Waals surface area contributed by atoms with Gasteiger partial charge in [-0.15, -0.1) is 0 Å². The summed E-state index contributed by atoms with van der Waals surface area (Å²) in [6.45, 7) is 0. The average molecular weight is 298 g/mol. The number of nitrogens with one attached hydrogen (secondary N) is 2. The van der Waals surface area contributed by atoms with Crippen LogP contribution in [0.5, 0.6) is 0 Å². The Balaban J connectivity index is 2.00. The van der Waals surface area contributed by atoms with Crippen LogP contribution in [0, 0.1) is 20.2 Å². The molecule has 110 valence electrons. The summed E-state index contributed by atoms with van der Waals surface area (Å²) >= 11 is 0. The standard InChI is InChI=1S/C14H10N4O4/c19-17(20)10-5-6-12(13(8-10)18(21)22)16-14-7-9-3-1-2-4-11(9)15-14/h1-8,15-16H. The first-order valence-corrected chi connectivity index (χ1v) is 6.32. The van der Waals surface area contributed by atoms with E-state index in [1.807, 2.05) is 24.3 Å². The van der Waals surface area contributed by atoms with E-state index in [1.165, 1.54) is 12.1 Å². The minimum Gasteiger partial charge on any atom is -0.341 e. The first-order valence-electron chi connectivity index (χ1n) is 6.32. The van der Waals surface area contributed by atoms with Gasteiger partial charge in [-0.25, -0.2) is 0 Å². The number of non-ortho nitro benzene ring substituents is 1. The summed E-state index contributed by atoms with van der Waals surface area (Å²) < 4.78 is 0. The molecule has 3 rings (SSSR count). The second-order valence-electron chi connectivity index (χ2n) is 4.61. The molecule has 0 amide bonds. The lowest BCUT2D eigenvalue weighted by atomic mass is 10.2. The Hall–Kier alpha value is -3.42. The van der Waals surface area contributed by atoms with Crippen LogP contribution in [0.1, 0.15) is 0 Å². The van der Waals surface area contributed by atoms with Gasteiger partial charge in [0.25, 0.3) is 11.4 Å². The number of hydrogen-bond acceptors (Lipinski definition) is 5. The molecule has 0 unspecified atom stereocenters. The van der Waals surface area contributed by atoms with Crippen molar-refractivity contribution in [2.75, 3.05) is 5.32 Å². The number of nitrogens with zero attached hydrogens (tertiary/aromatic N) is 2. The Morgan fingerprint density at radius 2 is 1.73 bits per heavy atom. The van der Waals surface area contributed by atoms with Crippen LogP contribution in [0.15, 0.2) is 48.5 Å². The van der Waals surface area contributed by atoms with Gasteiger partial charge in [0.05, 0.1) is 15.9 Å². The van der Waals surface area contributed by atoms with E-state index in [2.05, 4.69) is 10.3 Å². The summed E-state index contributed by atoms with van der Waals surface area (Å²) in [4.78, 5) is 23.6. The van der Waals surface area contributed by atoms with Gasteiger partial charge in [0.2, 0.25) is 0 Å². The molecular formula is C14H10N4O4. The molecule has 1 aromatic heterocycles. The number of para-hydroxylation sites is 1. The molecule has 1 heterocycles. The van der Waals surface area contributed by atoms with E-state index in [-0.39, 0.29) is 17.1 Å². The van der Waals surface area contributed by atoms with Gasteiger partial charge in [0.1, 0.15) is 11.5 Å². The molecule has 3 aromatic rings. The number of benzene rings is 2. The highest BCUT2D eigenvalue weighted by Gasteiger charge is 2.19. The first kappa shape index (κ1) is 13.6. The third-order valence-electron chi connectivity index (χ3n) is 3.19. The molecule has 0 aliphatic heterocycles. The van der Waals surface area contributed by atoms with Crippen LogP contribution in [0.25, 0.3) is 10.9 Å². The molecule has 22 heavy (non-hydrogen) atoms. The fraction of sp³-hybridized carbons (Fsp3) is 0. The van der Waals surface area contributed by atoms with Gasteiger partial charge in [-0.1, -0.05) is 18.2 Å². The molecular weight excluding hydrogens is 288 g/mol. The highest BCUT2D eigenvalue weighted by atomic mass is 16.6. The van der Waals surface area contributed by atoms with Crippen LogP contribution in [-0.2, 0) is 0 Å². The lowest BCUT2D eigenvalue weighted by molar-refractivity contribution is -0.393. The Labute approximate surface area is 123 Å². The Morgan fingerprint density at radius 1 is 0.955 bits per heavy atom. The van der Waals surface area contributed by atoms with Crippen molar-refractivity contribution < 1.29 is 9.85 Å². The summed E-state index contributed by atoms with van der Waals surface area (Å²) in [5.41, 5.74) is 0.387. The van der Waals surface area contributed by atoms with Gasteiger partial charge < -0.3 is 10.3 Å². The molecule has 0 fully saturated rings. The van der Waals surface area contributed by atoms with Crippen molar-refractivity contribution in [3.63, 3.8) is 0 Å². The average Bonchev–Trinajstić information content (AvgIpc) is 2.89. The molecule has 0 bridgehead atoms. The van der Waals surface area contributed by atoms with E-state index in [0.29, 0.717) is 5.82 Å². The Morgan fingerprint density at radius 3 is 2.41 bits per heavy atom. The molecule has 0 radical (unpaired) electrons. The minimum atomic E-state index is -0.667. The molecule has 0 aliphatic rings. The van der Waals surface area contributed by atoms with Crippen LogP contribution < -0.4 is 5.32 Å². The Bertz CT molecular complexity index is 854. The van der Waals surface area contributed by atoms with E-state index in [0.717, 1.165) is 17.0 Å². The van der Waals surface area contributed by atoms with E-state index in [1.54, 1.807) is 6.07 Å². The van der Waals surface area contributed by atoms with Crippen LogP contribution in [0.4, 0.5) is 22.9 Å². The topological polar surface area (TPSA) is 114 Å². The lowest BCUT2D eigenvalue weighted by Crippen LogP contribution is -1.98. The van der Waals surface area contributed by atoms with Crippen molar-refractivity contribution in [3.05, 3.63) is 68.8 Å². The molecule has 2 N–H and O–H groups in total. The summed E-state index contributed by atoms with van der Waals surface area (Å²) in [6, 6.07) is 12.8. The molecule has 8 nitrogen and oxygen atoms in total. The summed E-state index contributed by atoms with van der Waals surface area (Å²) in [5, 5.41) is 25.7. The van der Waals surface area contributed by atoms with Gasteiger partial charge in [0, 0.05) is 17.0 Å². The van der Waals surface area contributed by atoms with Crippen molar-refractivity contribution in [1.82, 2.24) is 4.98 Å². The maximum absolute atomic E-state index is 11.1. The zero-order chi connectivity index (χ0) is 15.7. The number of nitro benzene ring substituents is 2. The van der Waals surface area contributed by atoms with Gasteiger partial charge in [-0.05, 0) is 18.2 Å². The van der Waals surface area contributed by atoms with Gasteiger partial charge in [-0.3, -0.25) is 20.2 Å². The van der Waals surface area contributed by atoms with Crippen molar-refractivity contribution in [2.24, 2.45) is 0 Å². The molecule has 2 aromatic carbocycles. The number of hydrogen-bond donors (Lipinski definition) is 2. The molecule has 0 saturated carbocycles. The van der Waals surface area contributed by atoms with Crippen LogP contribution in [-0.4, -0.2) is 14.8 Å². The predicted molar refractivity (Wildman–Crippen MR) is 81.3 cm³/mol. The maximum atomic E-state index is 11.1. The van der Waals surface area contributed by atoms with Crippen LogP contribution >= 0.6 is 0 Å². The summed E-state index contributed by atoms with van der Waals surface area (Å²) in [6.07, 6.45) is 0. The SMILES string of the molecule is O=[N+]([O-])c1ccc(Nc2cc3ccccc3[nH]2)c([N+](=O)[O-])c1. The second kappa shape index (κ2) is 5.17. The molecule has 0 aliphatic carbocycles. The number of rotatable bonds is 4. The van der Waals surface area contributed by atoms with E-state index in [4.69, 9.17) is 0 Å². The Kier molecular flexibility index (Phi) is 3.18. The molecule has 0 atom stereocenters. The fourth-order valence-corrected chi connectivity index (χ4v) is 2.18. The fourth-order valence-electron chi connectivity index (χ4n) is 2.18. The number of H-pyrrole nitrogens is 1. The number of fused-ring (bicyclic) bond motifs is 1. The van der Waals surface area contributed by atoms with Crippen molar-refractivity contribution >= 4 is 33.8 Å². The quantitative estimate of drug-likeness (QED) is 0.562. The highest BCUT2D eigenvalue weighted by molar-refractivity contribution is 5.85. The van der Waals surface area contributed by atoms with Crippen LogP contribution in [0.3, 0.4) is 0 Å². The number of anilines is 2. The predicted octanol–water partition coefficient (Wildman–Crippen LogP) is 3.73. The lowest BCUT2D eigenvalue weighted by Gasteiger charge is -2.04. The van der Waals surface area contributed by atoms with E-state index < -0.39 is 9.85 Å². The monoisotopic (exact) mass is 298 g/mol. The third-order valence-corrected chi connectivity index (χ3v) is 3.19. The number of aromatic nitrogens is 1. The summed E-state index contributed by atoms with van der Waals surface area (Å²) in [5.74, 6) is 0.568. The third kappa shape index (κ3) is 2.44. The van der Waals surface area contributed by atoms with Crippen molar-refractivity contribution in [1.29, 1.82) is 0 Å². The number of nitro groups is 2. The molecule has 0 saturated heterocycles. The van der Waals surface area contributed by atoms with Crippen LogP contribution in [0.2, 0.25) is 0 Å². The van der Waals surface area contributed by atoms with Crippen molar-refractivity contribution in [2.45, 2.75) is 0 Å². The smallest absolute Gasteiger partial charge is 0.299 e. The zero-order valence-corrected chi connectivity index (χ0v) is 11.1. The molecule has 8 heteroatoms. The molecule has 0 spiro atoms. The zero-order valence-electron chi connectivity index (χ0n) is 11.1.